The quantitative estimate of drug-likeness (QED) is 0.847. The van der Waals surface area contributed by atoms with Crippen molar-refractivity contribution < 1.29 is 9.84 Å². The number of thioether (sulfide) groups is 1. The fourth-order valence-electron chi connectivity index (χ4n) is 3.38. The molecule has 6 heteroatoms. The van der Waals surface area contributed by atoms with Gasteiger partial charge in [-0.2, -0.15) is 0 Å². The van der Waals surface area contributed by atoms with E-state index in [0.717, 1.165) is 16.3 Å². The summed E-state index contributed by atoms with van der Waals surface area (Å²) in [5, 5.41) is 11.6. The van der Waals surface area contributed by atoms with Gasteiger partial charge in [0.05, 0.1) is 24.1 Å². The lowest BCUT2D eigenvalue weighted by Crippen LogP contribution is -2.47. The Hall–Kier alpha value is -0.750. The lowest BCUT2D eigenvalue weighted by atomic mass is 10.0. The summed E-state index contributed by atoms with van der Waals surface area (Å²) >= 11 is 13.9. The Balaban J connectivity index is 1.72. The predicted octanol–water partition coefficient (Wildman–Crippen LogP) is 4.50. The number of rotatable bonds is 3. The fourth-order valence-corrected chi connectivity index (χ4v) is 5.27. The summed E-state index contributed by atoms with van der Waals surface area (Å²) in [5.74, 6) is 0.834. The molecule has 0 radical (unpaired) electrons. The molecule has 0 bridgehead atoms. The molecule has 1 N–H and O–H groups in total. The lowest BCUT2D eigenvalue weighted by Gasteiger charge is -2.34. The normalized spacial score (nSPS) is 29.8. The first kappa shape index (κ1) is 16.7. The van der Waals surface area contributed by atoms with Crippen molar-refractivity contribution in [1.29, 1.82) is 0 Å². The third-order valence-corrected chi connectivity index (χ3v) is 6.70. The van der Waals surface area contributed by atoms with E-state index in [9.17, 15) is 5.11 Å². The molecule has 0 aliphatic carbocycles. The standard InChI is InChI=1S/C18H17Cl2NO2S/c19-14-5-1-12(2-6-14)16-21-17(13-3-7-15(20)8-4-13)24-11-18(21,9-22)10-23-16/h1-8,16-17,22H,9-11H2/t16-,17-,18+/m1/s1. The van der Waals surface area contributed by atoms with Crippen LogP contribution >= 0.6 is 35.0 Å². The average Bonchev–Trinajstić information content (AvgIpc) is 3.14. The summed E-state index contributed by atoms with van der Waals surface area (Å²) in [7, 11) is 0. The SMILES string of the molecule is OC[C@@]12CO[C@H](c3ccc(Cl)cc3)N1[C@@H](c1ccc(Cl)cc1)SC2. The van der Waals surface area contributed by atoms with E-state index in [1.807, 2.05) is 60.3 Å². The van der Waals surface area contributed by atoms with Crippen LogP contribution in [0.1, 0.15) is 22.7 Å². The van der Waals surface area contributed by atoms with Crippen LogP contribution in [0.4, 0.5) is 0 Å². The number of halogens is 2. The van der Waals surface area contributed by atoms with E-state index in [1.54, 1.807) is 0 Å². The van der Waals surface area contributed by atoms with Crippen LogP contribution in [-0.4, -0.2) is 34.5 Å². The zero-order valence-corrected chi connectivity index (χ0v) is 15.2. The van der Waals surface area contributed by atoms with Crippen molar-refractivity contribution in [2.45, 2.75) is 17.1 Å². The van der Waals surface area contributed by atoms with Gasteiger partial charge in [0.15, 0.2) is 0 Å². The zero-order valence-electron chi connectivity index (χ0n) is 12.9. The molecular weight excluding hydrogens is 365 g/mol. The van der Waals surface area contributed by atoms with Crippen molar-refractivity contribution in [3.05, 3.63) is 69.7 Å². The summed E-state index contributed by atoms with van der Waals surface area (Å²) in [6.07, 6.45) is -0.190. The van der Waals surface area contributed by atoms with Gasteiger partial charge in [-0.1, -0.05) is 47.5 Å². The number of hydrogen-bond acceptors (Lipinski definition) is 4. The maximum absolute atomic E-state index is 10.1. The van der Waals surface area contributed by atoms with Gasteiger partial charge in [0.2, 0.25) is 0 Å². The van der Waals surface area contributed by atoms with Crippen molar-refractivity contribution in [2.24, 2.45) is 0 Å². The van der Waals surface area contributed by atoms with Crippen LogP contribution in [0.5, 0.6) is 0 Å². The van der Waals surface area contributed by atoms with Gasteiger partial charge >= 0.3 is 0 Å². The van der Waals surface area contributed by atoms with Crippen LogP contribution in [0, 0.1) is 0 Å². The Morgan fingerprint density at radius 1 is 1.04 bits per heavy atom. The third kappa shape index (κ3) is 2.75. The number of aliphatic hydroxyl groups excluding tert-OH is 1. The van der Waals surface area contributed by atoms with Crippen molar-refractivity contribution in [1.82, 2.24) is 4.90 Å². The summed E-state index contributed by atoms with van der Waals surface area (Å²) in [4.78, 5) is 2.30. The molecule has 3 atom stereocenters. The molecule has 2 saturated heterocycles. The van der Waals surface area contributed by atoms with Crippen LogP contribution in [-0.2, 0) is 4.74 Å². The number of nitrogens with zero attached hydrogens (tertiary/aromatic N) is 1. The average molecular weight is 382 g/mol. The van der Waals surface area contributed by atoms with Gasteiger partial charge in [-0.05, 0) is 35.4 Å². The zero-order chi connectivity index (χ0) is 16.7. The first-order chi connectivity index (χ1) is 11.6. The van der Waals surface area contributed by atoms with E-state index in [1.165, 1.54) is 5.56 Å². The molecule has 2 heterocycles. The molecule has 2 aromatic rings. The highest BCUT2D eigenvalue weighted by Crippen LogP contribution is 2.54. The number of fused-ring (bicyclic) bond motifs is 1. The highest BCUT2D eigenvalue weighted by molar-refractivity contribution is 7.99. The van der Waals surface area contributed by atoms with Crippen molar-refractivity contribution in [3.63, 3.8) is 0 Å². The van der Waals surface area contributed by atoms with Gasteiger partial charge in [0.25, 0.3) is 0 Å². The smallest absolute Gasteiger partial charge is 0.138 e. The van der Waals surface area contributed by atoms with Crippen LogP contribution in [0.15, 0.2) is 48.5 Å². The summed E-state index contributed by atoms with van der Waals surface area (Å²) < 4.78 is 6.10. The minimum absolute atomic E-state index is 0.0776. The van der Waals surface area contributed by atoms with E-state index < -0.39 is 0 Å². The first-order valence-electron chi connectivity index (χ1n) is 7.76. The van der Waals surface area contributed by atoms with Crippen LogP contribution in [0.25, 0.3) is 0 Å². The second kappa shape index (κ2) is 6.52. The molecule has 0 saturated carbocycles. The third-order valence-electron chi connectivity index (χ3n) is 4.68. The van der Waals surface area contributed by atoms with Crippen molar-refractivity contribution in [3.8, 4) is 0 Å². The van der Waals surface area contributed by atoms with E-state index in [2.05, 4.69) is 4.90 Å². The highest BCUT2D eigenvalue weighted by atomic mass is 35.5. The topological polar surface area (TPSA) is 32.7 Å². The number of hydrogen-bond donors (Lipinski definition) is 1. The first-order valence-corrected chi connectivity index (χ1v) is 9.57. The van der Waals surface area contributed by atoms with E-state index >= 15 is 0 Å². The van der Waals surface area contributed by atoms with Gasteiger partial charge < -0.3 is 9.84 Å². The van der Waals surface area contributed by atoms with Crippen LogP contribution < -0.4 is 0 Å². The molecular formula is C18H17Cl2NO2S. The second-order valence-electron chi connectivity index (χ2n) is 6.22. The maximum Gasteiger partial charge on any atom is 0.138 e. The van der Waals surface area contributed by atoms with E-state index in [4.69, 9.17) is 27.9 Å². The molecule has 126 valence electrons. The number of benzene rings is 2. The van der Waals surface area contributed by atoms with Gasteiger partial charge in [0.1, 0.15) is 6.23 Å². The number of aliphatic hydroxyl groups is 1. The molecule has 2 aromatic carbocycles. The lowest BCUT2D eigenvalue weighted by molar-refractivity contribution is 0.0106. The number of ether oxygens (including phenoxy) is 1. The molecule has 24 heavy (non-hydrogen) atoms. The molecule has 0 aromatic heterocycles. The van der Waals surface area contributed by atoms with Gasteiger partial charge in [-0.3, -0.25) is 0 Å². The van der Waals surface area contributed by atoms with Crippen molar-refractivity contribution in [2.75, 3.05) is 19.0 Å². The van der Waals surface area contributed by atoms with Gasteiger partial charge in [-0.25, -0.2) is 4.90 Å². The fraction of sp³-hybridized carbons (Fsp3) is 0.333. The molecule has 0 unspecified atom stereocenters. The Bertz CT molecular complexity index is 665. The summed E-state index contributed by atoms with van der Waals surface area (Å²) in [6.45, 7) is 0.599. The predicted molar refractivity (Wildman–Crippen MR) is 98.5 cm³/mol. The molecule has 3 nitrogen and oxygen atoms in total. The van der Waals surface area contributed by atoms with E-state index in [0.29, 0.717) is 11.6 Å². The Morgan fingerprint density at radius 3 is 2.21 bits per heavy atom. The monoisotopic (exact) mass is 381 g/mol. The van der Waals surface area contributed by atoms with Crippen molar-refractivity contribution >= 4 is 35.0 Å². The van der Waals surface area contributed by atoms with Gasteiger partial charge in [0, 0.05) is 15.8 Å². The van der Waals surface area contributed by atoms with Crippen LogP contribution in [0.2, 0.25) is 10.0 Å². The minimum Gasteiger partial charge on any atom is -0.394 e. The largest absolute Gasteiger partial charge is 0.394 e. The summed E-state index contributed by atoms with van der Waals surface area (Å²) in [5.41, 5.74) is 1.87. The van der Waals surface area contributed by atoms with Gasteiger partial charge in [-0.15, -0.1) is 11.8 Å². The molecule has 0 amide bonds. The highest BCUT2D eigenvalue weighted by Gasteiger charge is 2.55. The Morgan fingerprint density at radius 2 is 1.62 bits per heavy atom. The Kier molecular flexibility index (Phi) is 4.54. The molecule has 2 fully saturated rings. The second-order valence-corrected chi connectivity index (χ2v) is 8.16. The minimum atomic E-state index is -0.348. The molecule has 4 rings (SSSR count). The molecule has 2 aliphatic heterocycles. The Labute approximate surface area is 155 Å². The van der Waals surface area contributed by atoms with E-state index in [-0.39, 0.29) is 23.7 Å². The van der Waals surface area contributed by atoms with Crippen LogP contribution in [0.3, 0.4) is 0 Å². The molecule has 0 spiro atoms. The molecule has 2 aliphatic rings. The maximum atomic E-state index is 10.1. The summed E-state index contributed by atoms with van der Waals surface area (Å²) in [6, 6.07) is 15.6.